The van der Waals surface area contributed by atoms with Crippen LogP contribution in [0.5, 0.6) is 0 Å². The smallest absolute Gasteiger partial charge is 0.303 e. The predicted molar refractivity (Wildman–Crippen MR) is 56.7 cm³/mol. The molecule has 0 saturated heterocycles. The van der Waals surface area contributed by atoms with Gasteiger partial charge in [-0.1, -0.05) is 20.8 Å². The quantitative estimate of drug-likeness (QED) is 0.685. The van der Waals surface area contributed by atoms with Crippen LogP contribution in [0.3, 0.4) is 0 Å². The molecular formula is C11H20O4. The molecular weight excluding hydrogens is 196 g/mol. The van der Waals surface area contributed by atoms with Gasteiger partial charge in [0.25, 0.3) is 0 Å². The molecule has 0 aliphatic heterocycles. The number of carbonyl (C=O) groups is 2. The van der Waals surface area contributed by atoms with Gasteiger partial charge in [0, 0.05) is 6.42 Å². The summed E-state index contributed by atoms with van der Waals surface area (Å²) in [6, 6.07) is 0. The van der Waals surface area contributed by atoms with Crippen LogP contribution in [0, 0.1) is 11.3 Å². The molecule has 1 atom stereocenters. The summed E-state index contributed by atoms with van der Waals surface area (Å²) >= 11 is 0. The third-order valence-electron chi connectivity index (χ3n) is 2.47. The molecule has 4 heteroatoms. The van der Waals surface area contributed by atoms with E-state index in [1.165, 1.54) is 0 Å². The van der Waals surface area contributed by atoms with Crippen LogP contribution in [0.1, 0.15) is 46.5 Å². The van der Waals surface area contributed by atoms with Crippen LogP contribution in [0.4, 0.5) is 0 Å². The van der Waals surface area contributed by atoms with E-state index in [-0.39, 0.29) is 24.2 Å². The molecule has 0 rings (SSSR count). The maximum Gasteiger partial charge on any atom is 0.303 e. The lowest BCUT2D eigenvalue weighted by molar-refractivity contribution is -0.140. The van der Waals surface area contributed by atoms with Crippen molar-refractivity contribution in [3.05, 3.63) is 0 Å². The second-order valence-electron chi connectivity index (χ2n) is 4.98. The van der Waals surface area contributed by atoms with Crippen molar-refractivity contribution >= 4 is 11.9 Å². The fourth-order valence-electron chi connectivity index (χ4n) is 1.54. The second kappa shape index (κ2) is 5.73. The number of rotatable bonds is 7. The Morgan fingerprint density at radius 3 is 2.13 bits per heavy atom. The summed E-state index contributed by atoms with van der Waals surface area (Å²) in [5.41, 5.74) is -0.251. The number of aliphatic carboxylic acids is 2. The minimum atomic E-state index is -0.800. The Labute approximate surface area is 90.3 Å². The van der Waals surface area contributed by atoms with E-state index < -0.39 is 11.9 Å². The summed E-state index contributed by atoms with van der Waals surface area (Å²) < 4.78 is 0. The van der Waals surface area contributed by atoms with Crippen molar-refractivity contribution in [2.75, 3.05) is 0 Å². The standard InChI is InChI=1S/C11H20O4/c1-8(6-9(12)13)4-5-11(2,3)7-10(14)15/h8H,4-7H2,1-3H3,(H,12,13)(H,14,15). The SMILES string of the molecule is CC(CCC(C)(C)CC(=O)O)CC(=O)O. The van der Waals surface area contributed by atoms with Gasteiger partial charge in [0.2, 0.25) is 0 Å². The van der Waals surface area contributed by atoms with Crippen molar-refractivity contribution in [2.45, 2.75) is 46.5 Å². The Hall–Kier alpha value is -1.06. The van der Waals surface area contributed by atoms with Crippen molar-refractivity contribution in [2.24, 2.45) is 11.3 Å². The monoisotopic (exact) mass is 216 g/mol. The van der Waals surface area contributed by atoms with Gasteiger partial charge in [-0.25, -0.2) is 0 Å². The maximum atomic E-state index is 10.5. The van der Waals surface area contributed by atoms with E-state index in [0.717, 1.165) is 12.8 Å². The molecule has 2 N–H and O–H groups in total. The molecule has 0 aliphatic carbocycles. The van der Waals surface area contributed by atoms with E-state index in [9.17, 15) is 9.59 Å². The van der Waals surface area contributed by atoms with E-state index in [4.69, 9.17) is 10.2 Å². The molecule has 15 heavy (non-hydrogen) atoms. The van der Waals surface area contributed by atoms with E-state index in [1.54, 1.807) is 0 Å². The molecule has 0 fully saturated rings. The summed E-state index contributed by atoms with van der Waals surface area (Å²) in [6.45, 7) is 5.67. The first-order valence-electron chi connectivity index (χ1n) is 5.16. The van der Waals surface area contributed by atoms with Gasteiger partial charge >= 0.3 is 11.9 Å². The van der Waals surface area contributed by atoms with Gasteiger partial charge in [-0.2, -0.15) is 0 Å². The van der Waals surface area contributed by atoms with Crippen LogP contribution in [0.25, 0.3) is 0 Å². The molecule has 1 unspecified atom stereocenters. The highest BCUT2D eigenvalue weighted by molar-refractivity contribution is 5.67. The molecule has 0 aliphatic rings. The van der Waals surface area contributed by atoms with Gasteiger partial charge in [0.1, 0.15) is 0 Å². The Bertz CT molecular complexity index is 233. The van der Waals surface area contributed by atoms with Crippen LogP contribution in [0.2, 0.25) is 0 Å². The average Bonchev–Trinajstić information content (AvgIpc) is 1.97. The molecule has 0 spiro atoms. The van der Waals surface area contributed by atoms with E-state index in [0.29, 0.717) is 0 Å². The number of carboxylic acid groups (broad SMARTS) is 2. The van der Waals surface area contributed by atoms with E-state index in [1.807, 2.05) is 20.8 Å². The largest absolute Gasteiger partial charge is 0.481 e. The lowest BCUT2D eigenvalue weighted by Crippen LogP contribution is -2.18. The van der Waals surface area contributed by atoms with Gasteiger partial charge in [0.05, 0.1) is 6.42 Å². The molecule has 0 bridgehead atoms. The van der Waals surface area contributed by atoms with Crippen molar-refractivity contribution in [3.63, 3.8) is 0 Å². The predicted octanol–water partition coefficient (Wildman–Crippen LogP) is 2.38. The highest BCUT2D eigenvalue weighted by atomic mass is 16.4. The molecule has 0 aromatic rings. The second-order valence-corrected chi connectivity index (χ2v) is 4.98. The van der Waals surface area contributed by atoms with E-state index >= 15 is 0 Å². The first-order valence-corrected chi connectivity index (χ1v) is 5.16. The lowest BCUT2D eigenvalue weighted by atomic mass is 9.82. The fourth-order valence-corrected chi connectivity index (χ4v) is 1.54. The topological polar surface area (TPSA) is 74.6 Å². The molecule has 0 saturated carbocycles. The van der Waals surface area contributed by atoms with Crippen LogP contribution < -0.4 is 0 Å². The van der Waals surface area contributed by atoms with Crippen molar-refractivity contribution in [3.8, 4) is 0 Å². The van der Waals surface area contributed by atoms with Gasteiger partial charge < -0.3 is 10.2 Å². The zero-order valence-electron chi connectivity index (χ0n) is 9.62. The first-order chi connectivity index (χ1) is 6.73. The summed E-state index contributed by atoms with van der Waals surface area (Å²) in [7, 11) is 0. The third kappa shape index (κ3) is 7.97. The van der Waals surface area contributed by atoms with Crippen LogP contribution in [-0.4, -0.2) is 22.2 Å². The highest BCUT2D eigenvalue weighted by Crippen LogP contribution is 2.29. The number of hydrogen-bond acceptors (Lipinski definition) is 2. The van der Waals surface area contributed by atoms with Gasteiger partial charge in [-0.3, -0.25) is 9.59 Å². The van der Waals surface area contributed by atoms with E-state index in [2.05, 4.69) is 0 Å². The minimum absolute atomic E-state index is 0.107. The number of carboxylic acids is 2. The minimum Gasteiger partial charge on any atom is -0.481 e. The molecule has 0 aromatic heterocycles. The van der Waals surface area contributed by atoms with Crippen LogP contribution >= 0.6 is 0 Å². The lowest BCUT2D eigenvalue weighted by Gasteiger charge is -2.23. The molecule has 88 valence electrons. The summed E-state index contributed by atoms with van der Waals surface area (Å²) in [4.78, 5) is 21.0. The Kier molecular flexibility index (Phi) is 5.33. The first kappa shape index (κ1) is 13.9. The Morgan fingerprint density at radius 2 is 1.73 bits per heavy atom. The van der Waals surface area contributed by atoms with Gasteiger partial charge in [-0.05, 0) is 24.2 Å². The molecule has 0 amide bonds. The molecule has 4 nitrogen and oxygen atoms in total. The van der Waals surface area contributed by atoms with Gasteiger partial charge in [0.15, 0.2) is 0 Å². The highest BCUT2D eigenvalue weighted by Gasteiger charge is 2.22. The third-order valence-corrected chi connectivity index (χ3v) is 2.47. The van der Waals surface area contributed by atoms with Crippen LogP contribution in [-0.2, 0) is 9.59 Å². The summed E-state index contributed by atoms with van der Waals surface area (Å²) in [5.74, 6) is -1.49. The zero-order valence-corrected chi connectivity index (χ0v) is 9.62. The summed E-state index contributed by atoms with van der Waals surface area (Å²) in [6.07, 6.45) is 1.79. The Balaban J connectivity index is 3.92. The Morgan fingerprint density at radius 1 is 1.20 bits per heavy atom. The molecule has 0 heterocycles. The number of hydrogen-bond donors (Lipinski definition) is 2. The van der Waals surface area contributed by atoms with Crippen molar-refractivity contribution < 1.29 is 19.8 Å². The fraction of sp³-hybridized carbons (Fsp3) is 0.818. The van der Waals surface area contributed by atoms with Crippen LogP contribution in [0.15, 0.2) is 0 Å². The zero-order chi connectivity index (χ0) is 12.1. The van der Waals surface area contributed by atoms with Crippen molar-refractivity contribution in [1.29, 1.82) is 0 Å². The average molecular weight is 216 g/mol. The summed E-state index contributed by atoms with van der Waals surface area (Å²) in [5, 5.41) is 17.2. The molecule has 0 aromatic carbocycles. The van der Waals surface area contributed by atoms with Crippen molar-refractivity contribution in [1.82, 2.24) is 0 Å². The maximum absolute atomic E-state index is 10.5. The normalized spacial score (nSPS) is 13.5. The molecule has 0 radical (unpaired) electrons. The van der Waals surface area contributed by atoms with Gasteiger partial charge in [-0.15, -0.1) is 0 Å².